The van der Waals surface area contributed by atoms with Crippen LogP contribution in [0.3, 0.4) is 0 Å². The van der Waals surface area contributed by atoms with Crippen molar-refractivity contribution < 1.29 is 20.1 Å². The van der Waals surface area contributed by atoms with E-state index in [2.05, 4.69) is 0 Å². The highest BCUT2D eigenvalue weighted by Gasteiger charge is 2.50. The van der Waals surface area contributed by atoms with E-state index >= 15 is 0 Å². The smallest absolute Gasteiger partial charge is 0.0900 e. The number of ether oxygens (including phenoxy) is 1. The fraction of sp³-hybridized carbons (Fsp3) is 1.00. The van der Waals surface area contributed by atoms with Crippen LogP contribution in [0.2, 0.25) is 0 Å². The third kappa shape index (κ3) is 5.05. The lowest BCUT2D eigenvalue weighted by atomic mass is 9.50. The van der Waals surface area contributed by atoms with E-state index in [-0.39, 0.29) is 25.6 Å². The molecule has 4 fully saturated rings. The number of aliphatic hydroxyl groups is 3. The summed E-state index contributed by atoms with van der Waals surface area (Å²) in [4.78, 5) is 1.87. The fourth-order valence-electron chi connectivity index (χ4n) is 5.81. The summed E-state index contributed by atoms with van der Waals surface area (Å²) >= 11 is 0. The highest BCUT2D eigenvalue weighted by molar-refractivity contribution is 5.85. The molecule has 0 radical (unpaired) electrons. The van der Waals surface area contributed by atoms with Gasteiger partial charge in [0, 0.05) is 19.6 Å². The van der Waals surface area contributed by atoms with Gasteiger partial charge in [0.25, 0.3) is 0 Å². The van der Waals surface area contributed by atoms with Crippen LogP contribution < -0.4 is 0 Å². The van der Waals surface area contributed by atoms with Crippen LogP contribution in [0.15, 0.2) is 0 Å². The van der Waals surface area contributed by atoms with Crippen molar-refractivity contribution in [3.05, 3.63) is 0 Å². The first-order valence-electron chi connectivity index (χ1n) is 9.32. The number of halogens is 1. The largest absolute Gasteiger partial charge is 0.395 e. The van der Waals surface area contributed by atoms with E-state index in [1.165, 1.54) is 38.5 Å². The van der Waals surface area contributed by atoms with Gasteiger partial charge in [0.05, 0.1) is 32.5 Å². The molecule has 1 unspecified atom stereocenters. The Balaban J connectivity index is 0.00000208. The normalized spacial score (nSPS) is 35.2. The van der Waals surface area contributed by atoms with Crippen LogP contribution in [-0.4, -0.2) is 72.4 Å². The van der Waals surface area contributed by atoms with E-state index in [4.69, 9.17) is 14.9 Å². The topological polar surface area (TPSA) is 73.2 Å². The molecule has 1 atom stereocenters. The summed E-state index contributed by atoms with van der Waals surface area (Å²) in [5.74, 6) is 2.79. The minimum atomic E-state index is -0.554. The van der Waals surface area contributed by atoms with Gasteiger partial charge in [0.2, 0.25) is 0 Å². The van der Waals surface area contributed by atoms with Crippen molar-refractivity contribution in [2.75, 3.05) is 46.1 Å². The first-order chi connectivity index (χ1) is 11.1. The van der Waals surface area contributed by atoms with Crippen molar-refractivity contribution in [2.24, 2.45) is 23.2 Å². The average molecular weight is 364 g/mol. The van der Waals surface area contributed by atoms with Gasteiger partial charge >= 0.3 is 0 Å². The van der Waals surface area contributed by atoms with Gasteiger partial charge in [-0.1, -0.05) is 0 Å². The van der Waals surface area contributed by atoms with E-state index in [9.17, 15) is 5.11 Å². The molecule has 4 rings (SSSR count). The standard InChI is InChI=1S/C18H33NO4.ClH/c20-3-1-19(2-4-21)11-17(22)12-23-13-18-8-14-5-15(9-18)7-16(6-14)10-18;/h14-17,20-22H,1-13H2;1H. The van der Waals surface area contributed by atoms with E-state index in [1.54, 1.807) is 0 Å². The third-order valence-electron chi connectivity index (χ3n) is 6.18. The second kappa shape index (κ2) is 9.15. The van der Waals surface area contributed by atoms with Crippen LogP contribution >= 0.6 is 12.4 Å². The molecular formula is C18H34ClNO4. The van der Waals surface area contributed by atoms with Crippen LogP contribution in [-0.2, 0) is 4.74 Å². The zero-order chi connectivity index (χ0) is 16.3. The maximum Gasteiger partial charge on any atom is 0.0900 e. The molecule has 24 heavy (non-hydrogen) atoms. The fourth-order valence-corrected chi connectivity index (χ4v) is 5.81. The van der Waals surface area contributed by atoms with Gasteiger partial charge in [-0.3, -0.25) is 4.90 Å². The Morgan fingerprint density at radius 1 is 0.958 bits per heavy atom. The molecule has 4 saturated carbocycles. The number of rotatable bonds is 10. The molecule has 5 nitrogen and oxygen atoms in total. The predicted octanol–water partition coefficient (Wildman–Crippen LogP) is 1.29. The SMILES string of the molecule is Cl.OCCN(CCO)CC(O)COCC12CC3CC(CC(C3)C1)C2. The Morgan fingerprint density at radius 3 is 1.92 bits per heavy atom. The molecule has 0 spiro atoms. The number of nitrogens with zero attached hydrogens (tertiary/aromatic N) is 1. The van der Waals surface area contributed by atoms with E-state index < -0.39 is 6.10 Å². The summed E-state index contributed by atoms with van der Waals surface area (Å²) in [6.07, 6.45) is 7.77. The molecule has 0 aromatic heterocycles. The Hall–Kier alpha value is 0.0900. The van der Waals surface area contributed by atoms with Gasteiger partial charge in [0.1, 0.15) is 0 Å². The lowest BCUT2D eigenvalue weighted by molar-refractivity contribution is -0.107. The molecule has 3 N–H and O–H groups in total. The lowest BCUT2D eigenvalue weighted by Crippen LogP contribution is -2.48. The van der Waals surface area contributed by atoms with Crippen molar-refractivity contribution in [1.82, 2.24) is 4.90 Å². The molecule has 4 aliphatic carbocycles. The first kappa shape index (κ1) is 20.4. The summed E-state index contributed by atoms with van der Waals surface area (Å²) in [6.45, 7) is 2.64. The Morgan fingerprint density at radius 2 is 1.46 bits per heavy atom. The van der Waals surface area contributed by atoms with Crippen LogP contribution in [0.1, 0.15) is 38.5 Å². The summed E-state index contributed by atoms with van der Waals surface area (Å²) in [6, 6.07) is 0. The van der Waals surface area contributed by atoms with Gasteiger partial charge in [-0.05, 0) is 61.7 Å². The predicted molar refractivity (Wildman–Crippen MR) is 95.3 cm³/mol. The number of hydrogen-bond donors (Lipinski definition) is 3. The molecule has 142 valence electrons. The first-order valence-corrected chi connectivity index (χ1v) is 9.32. The molecule has 0 amide bonds. The molecule has 4 bridgehead atoms. The van der Waals surface area contributed by atoms with Crippen LogP contribution in [0.4, 0.5) is 0 Å². The molecule has 0 aromatic carbocycles. The molecule has 0 saturated heterocycles. The van der Waals surface area contributed by atoms with Crippen molar-refractivity contribution in [3.63, 3.8) is 0 Å². The van der Waals surface area contributed by atoms with Crippen LogP contribution in [0, 0.1) is 23.2 Å². The zero-order valence-corrected chi connectivity index (χ0v) is 15.4. The van der Waals surface area contributed by atoms with E-state index in [0.29, 0.717) is 31.7 Å². The summed E-state index contributed by atoms with van der Waals surface area (Å²) < 4.78 is 5.94. The highest BCUT2D eigenvalue weighted by Crippen LogP contribution is 2.60. The Bertz CT molecular complexity index is 341. The minimum absolute atomic E-state index is 0. The van der Waals surface area contributed by atoms with Crippen molar-refractivity contribution >= 4 is 12.4 Å². The Kier molecular flexibility index (Phi) is 7.78. The Labute approximate surface area is 151 Å². The average Bonchev–Trinajstić information content (AvgIpc) is 2.46. The van der Waals surface area contributed by atoms with Crippen molar-refractivity contribution in [2.45, 2.75) is 44.6 Å². The number of aliphatic hydroxyl groups excluding tert-OH is 3. The van der Waals surface area contributed by atoms with Gasteiger partial charge in [0.15, 0.2) is 0 Å². The molecule has 4 aliphatic rings. The van der Waals surface area contributed by atoms with Gasteiger partial charge in [-0.25, -0.2) is 0 Å². The second-order valence-corrected chi connectivity index (χ2v) is 8.33. The van der Waals surface area contributed by atoms with E-state index in [0.717, 1.165) is 24.4 Å². The lowest BCUT2D eigenvalue weighted by Gasteiger charge is -2.56. The highest BCUT2D eigenvalue weighted by atomic mass is 35.5. The van der Waals surface area contributed by atoms with Crippen molar-refractivity contribution in [3.8, 4) is 0 Å². The van der Waals surface area contributed by atoms with Gasteiger partial charge in [-0.2, -0.15) is 0 Å². The molecule has 0 heterocycles. The van der Waals surface area contributed by atoms with Crippen molar-refractivity contribution in [1.29, 1.82) is 0 Å². The maximum absolute atomic E-state index is 10.2. The maximum atomic E-state index is 10.2. The molecule has 0 aromatic rings. The quantitative estimate of drug-likeness (QED) is 0.545. The monoisotopic (exact) mass is 363 g/mol. The van der Waals surface area contributed by atoms with E-state index in [1.807, 2.05) is 4.90 Å². The van der Waals surface area contributed by atoms with Crippen LogP contribution in [0.25, 0.3) is 0 Å². The second-order valence-electron chi connectivity index (χ2n) is 8.33. The summed E-state index contributed by atoms with van der Waals surface area (Å²) in [5.41, 5.74) is 0.393. The number of hydrogen-bond acceptors (Lipinski definition) is 5. The van der Waals surface area contributed by atoms with Gasteiger partial charge in [-0.15, -0.1) is 12.4 Å². The van der Waals surface area contributed by atoms with Crippen LogP contribution in [0.5, 0.6) is 0 Å². The molecular weight excluding hydrogens is 330 g/mol. The molecule has 0 aliphatic heterocycles. The summed E-state index contributed by atoms with van der Waals surface area (Å²) in [5, 5.41) is 28.2. The summed E-state index contributed by atoms with van der Waals surface area (Å²) in [7, 11) is 0. The minimum Gasteiger partial charge on any atom is -0.395 e. The molecule has 6 heteroatoms. The van der Waals surface area contributed by atoms with Gasteiger partial charge < -0.3 is 20.1 Å². The third-order valence-corrected chi connectivity index (χ3v) is 6.18. The zero-order valence-electron chi connectivity index (χ0n) is 14.6.